The van der Waals surface area contributed by atoms with Crippen LogP contribution in [0.5, 0.6) is 5.75 Å². The summed E-state index contributed by atoms with van der Waals surface area (Å²) in [7, 11) is 1.62. The van der Waals surface area contributed by atoms with E-state index >= 15 is 0 Å². The Bertz CT molecular complexity index is 453. The Balaban J connectivity index is 2.26. The first-order valence-corrected chi connectivity index (χ1v) is 6.90. The predicted octanol–water partition coefficient (Wildman–Crippen LogP) is 0.543. The van der Waals surface area contributed by atoms with Crippen molar-refractivity contribution in [3.05, 3.63) is 29.8 Å². The molecule has 0 aliphatic carbocycles. The lowest BCUT2D eigenvalue weighted by atomic mass is 9.92. The Hall–Kier alpha value is -1.14. The van der Waals surface area contributed by atoms with Gasteiger partial charge in [-0.1, -0.05) is 18.2 Å². The maximum Gasteiger partial charge on any atom is 0.123 e. The number of hydrogen-bond acceptors (Lipinski definition) is 5. The van der Waals surface area contributed by atoms with Gasteiger partial charge >= 0.3 is 0 Å². The van der Waals surface area contributed by atoms with Crippen molar-refractivity contribution in [3.63, 3.8) is 0 Å². The normalized spacial score (nSPS) is 32.9. The quantitative estimate of drug-likeness (QED) is 0.754. The van der Waals surface area contributed by atoms with Gasteiger partial charge in [0.25, 0.3) is 0 Å². The first-order valence-electron chi connectivity index (χ1n) is 6.90. The number of hydrogen-bond donors (Lipinski definition) is 3. The Labute approximate surface area is 119 Å². The third kappa shape index (κ3) is 2.67. The van der Waals surface area contributed by atoms with E-state index in [2.05, 4.69) is 0 Å². The smallest absolute Gasteiger partial charge is 0.123 e. The summed E-state index contributed by atoms with van der Waals surface area (Å²) >= 11 is 0. The standard InChI is InChI=1S/C15H23NO4/c1-9(11-6-4-5-7-13(11)20-3)16-8-12(17)15(19)14(18)10(16)2/h4-7,9-10,12,14-15,17-19H,8H2,1-3H3/t9?,10-,12+,14-,15-/m1/s1. The SMILES string of the molecule is COc1ccccc1C(C)N1C[C@H](O)[C@@H](O)[C@H](O)[C@H]1C. The zero-order valence-corrected chi connectivity index (χ0v) is 12.1. The number of ether oxygens (including phenoxy) is 1. The van der Waals surface area contributed by atoms with Crippen molar-refractivity contribution >= 4 is 0 Å². The second-order valence-electron chi connectivity index (χ2n) is 5.40. The van der Waals surface area contributed by atoms with Gasteiger partial charge in [-0.2, -0.15) is 0 Å². The number of para-hydroxylation sites is 1. The molecule has 0 radical (unpaired) electrons. The first-order chi connectivity index (χ1) is 9.47. The highest BCUT2D eigenvalue weighted by Gasteiger charge is 2.41. The molecule has 1 fully saturated rings. The van der Waals surface area contributed by atoms with Crippen LogP contribution in [0.2, 0.25) is 0 Å². The van der Waals surface area contributed by atoms with Gasteiger partial charge in [0, 0.05) is 24.2 Å². The van der Waals surface area contributed by atoms with Crippen LogP contribution in [-0.2, 0) is 0 Å². The average Bonchev–Trinajstić information content (AvgIpc) is 2.48. The summed E-state index contributed by atoms with van der Waals surface area (Å²) in [5, 5.41) is 29.6. The molecule has 0 amide bonds. The van der Waals surface area contributed by atoms with Gasteiger partial charge in [-0.15, -0.1) is 0 Å². The molecule has 1 aromatic rings. The van der Waals surface area contributed by atoms with E-state index in [9.17, 15) is 15.3 Å². The molecule has 5 nitrogen and oxygen atoms in total. The second-order valence-corrected chi connectivity index (χ2v) is 5.40. The van der Waals surface area contributed by atoms with E-state index < -0.39 is 18.3 Å². The number of benzene rings is 1. The summed E-state index contributed by atoms with van der Waals surface area (Å²) in [6, 6.07) is 7.43. The van der Waals surface area contributed by atoms with Gasteiger partial charge in [-0.25, -0.2) is 0 Å². The molecule has 1 aromatic carbocycles. The van der Waals surface area contributed by atoms with E-state index in [0.717, 1.165) is 11.3 Å². The summed E-state index contributed by atoms with van der Waals surface area (Å²) in [4.78, 5) is 1.99. The molecule has 0 saturated carbocycles. The third-order valence-electron chi connectivity index (χ3n) is 4.25. The minimum absolute atomic E-state index is 0.0297. The van der Waals surface area contributed by atoms with Crippen LogP contribution >= 0.6 is 0 Å². The molecule has 2 rings (SSSR count). The van der Waals surface area contributed by atoms with Crippen molar-refractivity contribution < 1.29 is 20.1 Å². The van der Waals surface area contributed by atoms with Crippen molar-refractivity contribution in [1.29, 1.82) is 0 Å². The first kappa shape index (κ1) is 15.3. The highest BCUT2D eigenvalue weighted by Crippen LogP contribution is 2.33. The molecule has 5 atom stereocenters. The highest BCUT2D eigenvalue weighted by molar-refractivity contribution is 5.35. The van der Waals surface area contributed by atoms with Crippen molar-refractivity contribution in [3.8, 4) is 5.75 Å². The summed E-state index contributed by atoms with van der Waals surface area (Å²) < 4.78 is 5.37. The number of nitrogens with zero attached hydrogens (tertiary/aromatic N) is 1. The van der Waals surface area contributed by atoms with Gasteiger partial charge in [-0.3, -0.25) is 4.90 Å². The number of aliphatic hydroxyl groups excluding tert-OH is 3. The number of rotatable bonds is 3. The Morgan fingerprint density at radius 3 is 2.50 bits per heavy atom. The molecule has 5 heteroatoms. The minimum Gasteiger partial charge on any atom is -0.496 e. The molecule has 1 heterocycles. The van der Waals surface area contributed by atoms with E-state index in [1.807, 2.05) is 43.0 Å². The van der Waals surface area contributed by atoms with E-state index in [4.69, 9.17) is 4.74 Å². The lowest BCUT2D eigenvalue weighted by Gasteiger charge is -2.45. The van der Waals surface area contributed by atoms with Crippen LogP contribution in [0.3, 0.4) is 0 Å². The number of methoxy groups -OCH3 is 1. The van der Waals surface area contributed by atoms with Gasteiger partial charge in [0.15, 0.2) is 0 Å². The van der Waals surface area contributed by atoms with Gasteiger partial charge < -0.3 is 20.1 Å². The Morgan fingerprint density at radius 2 is 1.85 bits per heavy atom. The largest absolute Gasteiger partial charge is 0.496 e. The number of aliphatic hydroxyl groups is 3. The van der Waals surface area contributed by atoms with Gasteiger partial charge in [-0.05, 0) is 19.9 Å². The topological polar surface area (TPSA) is 73.2 Å². The van der Waals surface area contributed by atoms with E-state index in [1.54, 1.807) is 7.11 Å². The molecule has 1 aliphatic heterocycles. The fraction of sp³-hybridized carbons (Fsp3) is 0.600. The van der Waals surface area contributed by atoms with Crippen LogP contribution in [0.1, 0.15) is 25.5 Å². The number of likely N-dealkylation sites (tertiary alicyclic amines) is 1. The molecule has 0 spiro atoms. The zero-order chi connectivity index (χ0) is 14.9. The van der Waals surface area contributed by atoms with Gasteiger partial charge in [0.2, 0.25) is 0 Å². The molecule has 112 valence electrons. The lowest BCUT2D eigenvalue weighted by molar-refractivity contribution is -0.141. The highest BCUT2D eigenvalue weighted by atomic mass is 16.5. The molecule has 20 heavy (non-hydrogen) atoms. The molecular weight excluding hydrogens is 258 g/mol. The van der Waals surface area contributed by atoms with Crippen LogP contribution < -0.4 is 4.74 Å². The minimum atomic E-state index is -1.09. The molecule has 1 unspecified atom stereocenters. The second kappa shape index (κ2) is 6.10. The maximum absolute atomic E-state index is 10.0. The van der Waals surface area contributed by atoms with E-state index in [1.165, 1.54) is 0 Å². The van der Waals surface area contributed by atoms with Crippen LogP contribution in [0.25, 0.3) is 0 Å². The summed E-state index contributed by atoms with van der Waals surface area (Å²) in [6.45, 7) is 4.18. The van der Waals surface area contributed by atoms with Crippen LogP contribution in [0.4, 0.5) is 0 Å². The van der Waals surface area contributed by atoms with Crippen LogP contribution in [-0.4, -0.2) is 58.2 Å². The lowest BCUT2D eigenvalue weighted by Crippen LogP contribution is -2.60. The monoisotopic (exact) mass is 281 g/mol. The Kier molecular flexibility index (Phi) is 4.65. The summed E-state index contributed by atoms with van der Waals surface area (Å²) in [5.41, 5.74) is 0.998. The molecule has 0 bridgehead atoms. The number of piperidine rings is 1. The number of β-amino-alcohol motifs (C(OH)–C–C–N with tert-alkyl or cyclic N) is 1. The van der Waals surface area contributed by atoms with Crippen molar-refractivity contribution in [2.45, 2.75) is 44.2 Å². The van der Waals surface area contributed by atoms with Gasteiger partial charge in [0.1, 0.15) is 11.9 Å². The predicted molar refractivity (Wildman–Crippen MR) is 75.6 cm³/mol. The molecule has 1 saturated heterocycles. The third-order valence-corrected chi connectivity index (χ3v) is 4.25. The fourth-order valence-corrected chi connectivity index (χ4v) is 2.90. The van der Waals surface area contributed by atoms with Crippen molar-refractivity contribution in [2.75, 3.05) is 13.7 Å². The van der Waals surface area contributed by atoms with Gasteiger partial charge in [0.05, 0.1) is 19.3 Å². The molecule has 3 N–H and O–H groups in total. The van der Waals surface area contributed by atoms with E-state index in [-0.39, 0.29) is 12.1 Å². The average molecular weight is 281 g/mol. The van der Waals surface area contributed by atoms with E-state index in [0.29, 0.717) is 6.54 Å². The Morgan fingerprint density at radius 1 is 1.20 bits per heavy atom. The summed E-state index contributed by atoms with van der Waals surface area (Å²) in [6.07, 6.45) is -3.00. The summed E-state index contributed by atoms with van der Waals surface area (Å²) in [5.74, 6) is 0.780. The zero-order valence-electron chi connectivity index (χ0n) is 12.1. The van der Waals surface area contributed by atoms with Crippen LogP contribution in [0.15, 0.2) is 24.3 Å². The molecular formula is C15H23NO4. The molecule has 1 aliphatic rings. The van der Waals surface area contributed by atoms with Crippen LogP contribution in [0, 0.1) is 0 Å². The fourth-order valence-electron chi connectivity index (χ4n) is 2.90. The molecule has 0 aromatic heterocycles. The van der Waals surface area contributed by atoms with Crippen molar-refractivity contribution in [2.24, 2.45) is 0 Å². The van der Waals surface area contributed by atoms with Crippen molar-refractivity contribution in [1.82, 2.24) is 4.90 Å². The maximum atomic E-state index is 10.0.